The number of benzene rings is 1. The van der Waals surface area contributed by atoms with Gasteiger partial charge in [0, 0.05) is 24.6 Å². The van der Waals surface area contributed by atoms with Gasteiger partial charge in [0.05, 0.1) is 6.20 Å². The topological polar surface area (TPSA) is 72.4 Å². The van der Waals surface area contributed by atoms with Gasteiger partial charge in [0.1, 0.15) is 0 Å². The highest BCUT2D eigenvalue weighted by atomic mass is 16.5. The summed E-state index contributed by atoms with van der Waals surface area (Å²) in [5.41, 5.74) is 2.11. The number of hydrogen-bond donors (Lipinski definition) is 0. The third kappa shape index (κ3) is 2.74. The Morgan fingerprint density at radius 2 is 2.10 bits per heavy atom. The van der Waals surface area contributed by atoms with E-state index >= 15 is 0 Å². The largest absolute Gasteiger partial charge is 0.451 e. The van der Waals surface area contributed by atoms with Crippen molar-refractivity contribution in [2.75, 3.05) is 18.1 Å². The molecule has 0 saturated heterocycles. The van der Waals surface area contributed by atoms with Crippen LogP contribution < -0.4 is 4.90 Å². The van der Waals surface area contributed by atoms with Crippen molar-refractivity contribution < 1.29 is 14.3 Å². The van der Waals surface area contributed by atoms with E-state index < -0.39 is 5.97 Å². The van der Waals surface area contributed by atoms with Gasteiger partial charge in [-0.15, -0.1) is 0 Å². The summed E-state index contributed by atoms with van der Waals surface area (Å²) in [6.07, 6.45) is 4.98. The van der Waals surface area contributed by atoms with Crippen LogP contribution in [0.4, 0.5) is 5.69 Å². The second kappa shape index (κ2) is 5.70. The quantitative estimate of drug-likeness (QED) is 0.792. The second-order valence-corrected chi connectivity index (χ2v) is 4.59. The predicted octanol–water partition coefficient (Wildman–Crippen LogP) is 1.22. The highest BCUT2D eigenvalue weighted by Gasteiger charge is 2.25. The van der Waals surface area contributed by atoms with Gasteiger partial charge < -0.3 is 9.64 Å². The van der Waals surface area contributed by atoms with Crippen LogP contribution in [-0.2, 0) is 16.0 Å². The molecular formula is C15H13N3O3. The Morgan fingerprint density at radius 3 is 2.90 bits per heavy atom. The minimum atomic E-state index is -0.649. The number of hydrogen-bond acceptors (Lipinski definition) is 5. The number of amides is 1. The van der Waals surface area contributed by atoms with Crippen molar-refractivity contribution in [1.29, 1.82) is 0 Å². The first-order chi connectivity index (χ1) is 10.3. The number of aromatic nitrogens is 2. The number of rotatable bonds is 3. The first-order valence-corrected chi connectivity index (χ1v) is 6.57. The smallest absolute Gasteiger partial charge is 0.359 e. The van der Waals surface area contributed by atoms with Crippen LogP contribution in [0.5, 0.6) is 0 Å². The molecule has 1 aliphatic heterocycles. The molecule has 1 aromatic carbocycles. The fourth-order valence-corrected chi connectivity index (χ4v) is 2.28. The lowest BCUT2D eigenvalue weighted by Gasteiger charge is -2.16. The van der Waals surface area contributed by atoms with E-state index in [1.54, 1.807) is 4.90 Å². The molecule has 1 aliphatic rings. The molecule has 0 aliphatic carbocycles. The van der Waals surface area contributed by atoms with Gasteiger partial charge in [0.15, 0.2) is 12.3 Å². The Kier molecular flexibility index (Phi) is 3.59. The monoisotopic (exact) mass is 283 g/mol. The maximum Gasteiger partial charge on any atom is 0.359 e. The summed E-state index contributed by atoms with van der Waals surface area (Å²) in [4.78, 5) is 33.1. The second-order valence-electron chi connectivity index (χ2n) is 4.59. The average Bonchev–Trinajstić information content (AvgIpc) is 2.97. The number of carbonyl (C=O) groups excluding carboxylic acids is 2. The molecule has 2 aromatic rings. The van der Waals surface area contributed by atoms with Crippen molar-refractivity contribution in [3.8, 4) is 0 Å². The van der Waals surface area contributed by atoms with E-state index in [-0.39, 0.29) is 18.2 Å². The van der Waals surface area contributed by atoms with Crippen LogP contribution in [0.15, 0.2) is 42.9 Å². The van der Waals surface area contributed by atoms with Crippen molar-refractivity contribution in [2.24, 2.45) is 0 Å². The minimum Gasteiger partial charge on any atom is -0.451 e. The Hall–Kier alpha value is -2.76. The molecule has 0 spiro atoms. The molecule has 0 saturated carbocycles. The summed E-state index contributed by atoms with van der Waals surface area (Å²) in [5.74, 6) is -0.888. The number of para-hydroxylation sites is 1. The standard InChI is InChI=1S/C15H13N3O3/c19-14(10-21-15(20)12-9-16-6-7-17-12)18-8-5-11-3-1-2-4-13(11)18/h1-4,6-7,9H,5,8,10H2. The maximum absolute atomic E-state index is 12.2. The van der Waals surface area contributed by atoms with Crippen LogP contribution in [-0.4, -0.2) is 35.0 Å². The molecule has 1 aromatic heterocycles. The SMILES string of the molecule is O=C(OCC(=O)N1CCc2ccccc21)c1cnccn1. The molecule has 0 radical (unpaired) electrons. The Morgan fingerprint density at radius 1 is 1.24 bits per heavy atom. The van der Waals surface area contributed by atoms with Crippen LogP contribution in [0.1, 0.15) is 16.1 Å². The van der Waals surface area contributed by atoms with Gasteiger partial charge in [-0.25, -0.2) is 9.78 Å². The number of anilines is 1. The average molecular weight is 283 g/mol. The number of ether oxygens (including phenoxy) is 1. The van der Waals surface area contributed by atoms with Crippen molar-refractivity contribution in [3.05, 3.63) is 54.1 Å². The van der Waals surface area contributed by atoms with Gasteiger partial charge in [-0.2, -0.15) is 0 Å². The summed E-state index contributed by atoms with van der Waals surface area (Å²) in [6.45, 7) is 0.310. The van der Waals surface area contributed by atoms with Crippen molar-refractivity contribution in [2.45, 2.75) is 6.42 Å². The van der Waals surface area contributed by atoms with Crippen LogP contribution in [0, 0.1) is 0 Å². The fourth-order valence-electron chi connectivity index (χ4n) is 2.28. The lowest BCUT2D eigenvalue weighted by atomic mass is 10.2. The van der Waals surface area contributed by atoms with Gasteiger partial charge in [-0.05, 0) is 18.1 Å². The molecule has 106 valence electrons. The molecule has 1 amide bonds. The predicted molar refractivity (Wildman–Crippen MR) is 74.8 cm³/mol. The van der Waals surface area contributed by atoms with Gasteiger partial charge in [0.25, 0.3) is 5.91 Å². The molecule has 0 N–H and O–H groups in total. The number of nitrogens with zero attached hydrogens (tertiary/aromatic N) is 3. The Bertz CT molecular complexity index is 673. The van der Waals surface area contributed by atoms with Crippen molar-refractivity contribution in [1.82, 2.24) is 9.97 Å². The fraction of sp³-hybridized carbons (Fsp3) is 0.200. The summed E-state index contributed by atoms with van der Waals surface area (Å²) in [7, 11) is 0. The van der Waals surface area contributed by atoms with E-state index in [9.17, 15) is 9.59 Å². The van der Waals surface area contributed by atoms with E-state index in [1.807, 2.05) is 24.3 Å². The molecule has 0 fully saturated rings. The first kappa shape index (κ1) is 13.2. The zero-order valence-electron chi connectivity index (χ0n) is 11.2. The third-order valence-corrected chi connectivity index (χ3v) is 3.29. The number of carbonyl (C=O) groups is 2. The maximum atomic E-state index is 12.2. The van der Waals surface area contributed by atoms with E-state index in [4.69, 9.17) is 4.74 Å². The molecule has 6 nitrogen and oxygen atoms in total. The normalized spacial score (nSPS) is 12.9. The highest BCUT2D eigenvalue weighted by Crippen LogP contribution is 2.27. The molecule has 0 atom stereocenters. The van der Waals surface area contributed by atoms with Crippen molar-refractivity contribution >= 4 is 17.6 Å². The first-order valence-electron chi connectivity index (χ1n) is 6.57. The zero-order valence-corrected chi connectivity index (χ0v) is 11.2. The van der Waals surface area contributed by atoms with Crippen LogP contribution in [0.25, 0.3) is 0 Å². The summed E-state index contributed by atoms with van der Waals surface area (Å²) < 4.78 is 4.98. The molecule has 21 heavy (non-hydrogen) atoms. The zero-order chi connectivity index (χ0) is 14.7. The van der Waals surface area contributed by atoms with Crippen LogP contribution in [0.2, 0.25) is 0 Å². The van der Waals surface area contributed by atoms with Gasteiger partial charge >= 0.3 is 5.97 Å². The van der Waals surface area contributed by atoms with Gasteiger partial charge in [0.2, 0.25) is 0 Å². The Balaban J connectivity index is 1.62. The van der Waals surface area contributed by atoms with Gasteiger partial charge in [-0.3, -0.25) is 9.78 Å². The van der Waals surface area contributed by atoms with E-state index in [0.29, 0.717) is 6.54 Å². The molecule has 6 heteroatoms. The summed E-state index contributed by atoms with van der Waals surface area (Å²) in [6, 6.07) is 7.72. The lowest BCUT2D eigenvalue weighted by Crippen LogP contribution is -2.33. The molecule has 3 rings (SSSR count). The molecule has 0 bridgehead atoms. The lowest BCUT2D eigenvalue weighted by molar-refractivity contribution is -0.121. The minimum absolute atomic E-state index is 0.0899. The molecule has 2 heterocycles. The highest BCUT2D eigenvalue weighted by molar-refractivity contribution is 5.98. The Labute approximate surface area is 121 Å². The van der Waals surface area contributed by atoms with E-state index in [2.05, 4.69) is 9.97 Å². The van der Waals surface area contributed by atoms with Crippen molar-refractivity contribution in [3.63, 3.8) is 0 Å². The summed E-state index contributed by atoms with van der Waals surface area (Å²) >= 11 is 0. The van der Waals surface area contributed by atoms with Gasteiger partial charge in [-0.1, -0.05) is 18.2 Å². The molecular weight excluding hydrogens is 270 g/mol. The third-order valence-electron chi connectivity index (χ3n) is 3.29. The van der Waals surface area contributed by atoms with Crippen LogP contribution >= 0.6 is 0 Å². The number of fused-ring (bicyclic) bond motifs is 1. The van der Waals surface area contributed by atoms with Crippen LogP contribution in [0.3, 0.4) is 0 Å². The number of esters is 1. The van der Waals surface area contributed by atoms with E-state index in [0.717, 1.165) is 17.7 Å². The molecule has 0 unspecified atom stereocenters. The van der Waals surface area contributed by atoms with E-state index in [1.165, 1.54) is 18.6 Å². The summed E-state index contributed by atoms with van der Waals surface area (Å²) in [5, 5.41) is 0.